The molecule has 1 aromatic heterocycles. The fourth-order valence-corrected chi connectivity index (χ4v) is 3.40. The Kier molecular flexibility index (Phi) is 15.1. The van der Waals surface area contributed by atoms with Crippen LogP contribution in [0.4, 0.5) is 9.52 Å². The molecule has 0 aliphatic carbocycles. The Labute approximate surface area is 222 Å². The summed E-state index contributed by atoms with van der Waals surface area (Å²) in [5.74, 6) is -1.39. The number of nitrogens with one attached hydrogen (secondary N) is 1. The minimum atomic E-state index is -0.749. The normalized spacial score (nSPS) is 14.2. The molecule has 0 aliphatic rings. The number of amides is 1. The van der Waals surface area contributed by atoms with Crippen LogP contribution in [-0.2, 0) is 9.53 Å². The molecule has 0 unspecified atom stereocenters. The number of methoxy groups -OCH3 is 1. The summed E-state index contributed by atoms with van der Waals surface area (Å²) in [7, 11) is 1.34. The molecule has 0 fully saturated rings. The molecule has 0 aliphatic heterocycles. The van der Waals surface area contributed by atoms with E-state index in [4.69, 9.17) is 14.6 Å². The van der Waals surface area contributed by atoms with Crippen molar-refractivity contribution < 1.29 is 23.8 Å². The minimum Gasteiger partial charge on any atom is -0.494 e. The molecule has 10 heteroatoms. The largest absolute Gasteiger partial charge is 0.494 e. The number of aliphatic imine (C=N–C) groups is 1. The second-order valence-corrected chi connectivity index (χ2v) is 8.26. The molecule has 8 nitrogen and oxygen atoms in total. The minimum absolute atomic E-state index is 0.0268. The second kappa shape index (κ2) is 17.7. The van der Waals surface area contributed by atoms with Crippen molar-refractivity contribution in [3.05, 3.63) is 83.1 Å². The smallest absolute Gasteiger partial charge is 0.295 e. The van der Waals surface area contributed by atoms with Crippen LogP contribution in [-0.4, -0.2) is 47.7 Å². The number of carbonyl (C=O) groups is 1. The average molecular weight is 531 g/mol. The number of rotatable bonds is 15. The fourth-order valence-electron chi connectivity index (χ4n) is 2.79. The number of hydrogen-bond acceptors (Lipinski definition) is 8. The van der Waals surface area contributed by atoms with Crippen molar-refractivity contribution in [1.29, 1.82) is 0 Å². The predicted molar refractivity (Wildman–Crippen MR) is 148 cm³/mol. The molecule has 0 radical (unpaired) electrons. The van der Waals surface area contributed by atoms with Gasteiger partial charge in [0.05, 0.1) is 25.9 Å². The lowest BCUT2D eigenvalue weighted by Gasteiger charge is -2.14. The summed E-state index contributed by atoms with van der Waals surface area (Å²) in [6.07, 6.45) is 13.8. The highest BCUT2D eigenvalue weighted by Gasteiger charge is 2.24. The van der Waals surface area contributed by atoms with Gasteiger partial charge in [-0.05, 0) is 56.6 Å². The summed E-state index contributed by atoms with van der Waals surface area (Å²) < 4.78 is 26.3. The maximum atomic E-state index is 15.6. The quantitative estimate of drug-likeness (QED) is 0.0946. The van der Waals surface area contributed by atoms with Crippen molar-refractivity contribution in [1.82, 2.24) is 10.2 Å². The van der Waals surface area contributed by atoms with Crippen LogP contribution in [0.5, 0.6) is 5.19 Å². The lowest BCUT2D eigenvalue weighted by Crippen LogP contribution is -2.18. The van der Waals surface area contributed by atoms with Crippen molar-refractivity contribution in [2.45, 2.75) is 40.5 Å². The van der Waals surface area contributed by atoms with Gasteiger partial charge in [0.2, 0.25) is 5.13 Å². The standard InChI is InChI=1S/C27H35FN4O4S/c1-7-11-15-22(35-6)24(28)21(17-29-10-4)23(19(5)8-2)25(34)30-26-31-32-27(37-26)36-16-13-12-14-20(9-3)18-33/h7,9-12,14-15,17,33H,1,8,13,16,18H2,2-6H3,(H,30,31,34)/b14-12-,15-11-,20-9+,21-17+,23-19-,24-22+,29-10-. The number of aromatic nitrogens is 2. The van der Waals surface area contributed by atoms with Gasteiger partial charge < -0.3 is 14.6 Å². The van der Waals surface area contributed by atoms with Gasteiger partial charge in [0.15, 0.2) is 11.6 Å². The Morgan fingerprint density at radius 3 is 2.65 bits per heavy atom. The Hall–Kier alpha value is -3.63. The SMILES string of the molecule is C=C\C=C/C(OC)=C(F)/C(=C/N=C\C)C(/C(=O)Nc1nnc(OCC/C=C\C(=C/C)CO)s1)=C(\C)CC. The summed E-state index contributed by atoms with van der Waals surface area (Å²) in [4.78, 5) is 17.4. The van der Waals surface area contributed by atoms with Gasteiger partial charge in [0, 0.05) is 18.0 Å². The molecule has 37 heavy (non-hydrogen) atoms. The zero-order chi connectivity index (χ0) is 27.6. The molecule has 0 bridgehead atoms. The first-order valence-electron chi connectivity index (χ1n) is 11.7. The molecule has 1 amide bonds. The van der Waals surface area contributed by atoms with Gasteiger partial charge in [-0.25, -0.2) is 4.39 Å². The molecule has 2 N–H and O–H groups in total. The van der Waals surface area contributed by atoms with Crippen LogP contribution in [0.1, 0.15) is 40.5 Å². The molecule has 0 spiro atoms. The van der Waals surface area contributed by atoms with Gasteiger partial charge in [-0.1, -0.05) is 54.6 Å². The van der Waals surface area contributed by atoms with Crippen LogP contribution in [0.15, 0.2) is 88.1 Å². The number of halogens is 1. The molecule has 1 rings (SSSR count). The molecule has 200 valence electrons. The molecule has 0 atom stereocenters. The van der Waals surface area contributed by atoms with Crippen LogP contribution < -0.4 is 10.1 Å². The predicted octanol–water partition coefficient (Wildman–Crippen LogP) is 6.01. The Morgan fingerprint density at radius 1 is 1.30 bits per heavy atom. The highest BCUT2D eigenvalue weighted by atomic mass is 32.1. The third-order valence-electron chi connectivity index (χ3n) is 4.88. The topological polar surface area (TPSA) is 106 Å². The maximum absolute atomic E-state index is 15.6. The molecular weight excluding hydrogens is 495 g/mol. The van der Waals surface area contributed by atoms with Gasteiger partial charge in [-0.2, -0.15) is 0 Å². The van der Waals surface area contributed by atoms with Crippen LogP contribution in [0.2, 0.25) is 0 Å². The number of aliphatic hydroxyl groups excluding tert-OH is 1. The Bertz CT molecular complexity index is 1130. The van der Waals surface area contributed by atoms with Gasteiger partial charge in [0.25, 0.3) is 11.1 Å². The van der Waals surface area contributed by atoms with Crippen molar-refractivity contribution >= 4 is 28.6 Å². The third kappa shape index (κ3) is 10.5. The number of carbonyl (C=O) groups excluding carboxylic acids is 1. The van der Waals surface area contributed by atoms with E-state index in [0.29, 0.717) is 25.0 Å². The monoisotopic (exact) mass is 530 g/mol. The number of hydrogen-bond donors (Lipinski definition) is 2. The van der Waals surface area contributed by atoms with Crippen molar-refractivity contribution in [3.8, 4) is 5.19 Å². The molecule has 1 heterocycles. The highest BCUT2D eigenvalue weighted by molar-refractivity contribution is 7.17. The van der Waals surface area contributed by atoms with Crippen molar-refractivity contribution in [2.24, 2.45) is 4.99 Å². The number of allylic oxidation sites excluding steroid dienone is 6. The summed E-state index contributed by atoms with van der Waals surface area (Å²) in [6.45, 7) is 11.0. The molecule has 0 aromatic carbocycles. The van der Waals surface area contributed by atoms with E-state index < -0.39 is 11.7 Å². The van der Waals surface area contributed by atoms with Gasteiger partial charge >= 0.3 is 0 Å². The number of ether oxygens (including phenoxy) is 2. The van der Waals surface area contributed by atoms with E-state index >= 15 is 4.39 Å². The molecular formula is C27H35FN4O4S. The lowest BCUT2D eigenvalue weighted by atomic mass is 9.97. The van der Waals surface area contributed by atoms with E-state index in [0.717, 1.165) is 16.9 Å². The fraction of sp³-hybridized carbons (Fsp3) is 0.333. The second-order valence-electron chi connectivity index (χ2n) is 7.32. The van der Waals surface area contributed by atoms with E-state index in [2.05, 4.69) is 27.1 Å². The van der Waals surface area contributed by atoms with Crippen LogP contribution >= 0.6 is 11.3 Å². The molecule has 0 saturated carbocycles. The Morgan fingerprint density at radius 2 is 2.05 bits per heavy atom. The lowest BCUT2D eigenvalue weighted by molar-refractivity contribution is -0.112. The van der Waals surface area contributed by atoms with Crippen molar-refractivity contribution in [3.63, 3.8) is 0 Å². The van der Waals surface area contributed by atoms with Crippen LogP contribution in [0.3, 0.4) is 0 Å². The maximum Gasteiger partial charge on any atom is 0.295 e. The van der Waals surface area contributed by atoms with Crippen molar-refractivity contribution in [2.75, 3.05) is 25.6 Å². The van der Waals surface area contributed by atoms with E-state index in [1.165, 1.54) is 37.8 Å². The Balaban J connectivity index is 3.15. The van der Waals surface area contributed by atoms with E-state index in [1.807, 2.05) is 32.1 Å². The summed E-state index contributed by atoms with van der Waals surface area (Å²) in [6, 6.07) is 0. The number of nitrogens with zero attached hydrogens (tertiary/aromatic N) is 3. The van der Waals surface area contributed by atoms with E-state index in [9.17, 15) is 4.79 Å². The first kappa shape index (κ1) is 31.4. The van der Waals surface area contributed by atoms with E-state index in [1.54, 1.807) is 13.8 Å². The first-order chi connectivity index (χ1) is 17.9. The van der Waals surface area contributed by atoms with Gasteiger partial charge in [-0.3, -0.25) is 15.1 Å². The first-order valence-corrected chi connectivity index (χ1v) is 12.5. The van der Waals surface area contributed by atoms with Gasteiger partial charge in [0.1, 0.15) is 0 Å². The van der Waals surface area contributed by atoms with Crippen LogP contribution in [0, 0.1) is 0 Å². The number of aliphatic hydroxyl groups is 1. The molecule has 0 saturated heterocycles. The highest BCUT2D eigenvalue weighted by Crippen LogP contribution is 2.30. The summed E-state index contributed by atoms with van der Waals surface area (Å²) >= 11 is 1.05. The van der Waals surface area contributed by atoms with E-state index in [-0.39, 0.29) is 33.8 Å². The summed E-state index contributed by atoms with van der Waals surface area (Å²) in [5, 5.41) is 20.2. The zero-order valence-corrected chi connectivity index (χ0v) is 22.8. The zero-order valence-electron chi connectivity index (χ0n) is 22.0. The third-order valence-corrected chi connectivity index (χ3v) is 5.64. The average Bonchev–Trinajstić information content (AvgIpc) is 3.35. The number of anilines is 1. The summed E-state index contributed by atoms with van der Waals surface area (Å²) in [5.41, 5.74) is 1.53. The molecule has 1 aromatic rings. The van der Waals surface area contributed by atoms with Gasteiger partial charge in [-0.15, -0.1) is 5.10 Å². The van der Waals surface area contributed by atoms with Crippen LogP contribution in [0.25, 0.3) is 0 Å².